The van der Waals surface area contributed by atoms with Gasteiger partial charge in [0.1, 0.15) is 10.7 Å². The van der Waals surface area contributed by atoms with Crippen molar-refractivity contribution in [3.8, 4) is 10.6 Å². The van der Waals surface area contributed by atoms with E-state index in [4.69, 9.17) is 11.6 Å². The van der Waals surface area contributed by atoms with Gasteiger partial charge in [0.2, 0.25) is 10.0 Å². The van der Waals surface area contributed by atoms with Crippen molar-refractivity contribution in [2.75, 3.05) is 26.2 Å². The van der Waals surface area contributed by atoms with Crippen LogP contribution < -0.4 is 0 Å². The van der Waals surface area contributed by atoms with Crippen molar-refractivity contribution in [2.45, 2.75) is 18.7 Å². The molecule has 0 radical (unpaired) electrons. The Morgan fingerprint density at radius 1 is 1.03 bits per heavy atom. The number of amides is 1. The Bertz CT molecular complexity index is 1220. The summed E-state index contributed by atoms with van der Waals surface area (Å²) in [7, 11) is -3.59. The van der Waals surface area contributed by atoms with Crippen LogP contribution in [0.25, 0.3) is 10.6 Å². The monoisotopic (exact) mass is 475 g/mol. The molecule has 1 aliphatic rings. The fourth-order valence-corrected chi connectivity index (χ4v) is 6.17. The molecule has 0 N–H and O–H groups in total. The van der Waals surface area contributed by atoms with Gasteiger partial charge in [-0.2, -0.15) is 4.31 Å². The SMILES string of the molecule is Cc1ccc(C)c(S(=O)(=O)N2CCN(C(=O)c3csc(-c4ccc(Cl)cc4)n3)CC2)c1. The number of rotatable bonds is 4. The number of piperazine rings is 1. The molecule has 0 bridgehead atoms. The fraction of sp³-hybridized carbons (Fsp3) is 0.273. The van der Waals surface area contributed by atoms with Crippen molar-refractivity contribution in [1.29, 1.82) is 0 Å². The van der Waals surface area contributed by atoms with E-state index in [1.165, 1.54) is 15.6 Å². The Hall–Kier alpha value is -2.26. The average Bonchev–Trinajstić information content (AvgIpc) is 3.25. The Kier molecular flexibility index (Phi) is 6.16. The zero-order valence-electron chi connectivity index (χ0n) is 17.2. The van der Waals surface area contributed by atoms with Gasteiger partial charge in [-0.15, -0.1) is 11.3 Å². The summed E-state index contributed by atoms with van der Waals surface area (Å²) in [5.74, 6) is -0.180. The van der Waals surface area contributed by atoms with Gasteiger partial charge < -0.3 is 4.90 Å². The van der Waals surface area contributed by atoms with Gasteiger partial charge in [-0.1, -0.05) is 35.9 Å². The third-order valence-electron chi connectivity index (χ3n) is 5.30. The summed E-state index contributed by atoms with van der Waals surface area (Å²) in [5.41, 5.74) is 2.90. The van der Waals surface area contributed by atoms with Crippen LogP contribution in [-0.2, 0) is 10.0 Å². The molecule has 6 nitrogen and oxygen atoms in total. The Balaban J connectivity index is 1.45. The molecular formula is C22H22ClN3O3S2. The molecule has 4 rings (SSSR count). The van der Waals surface area contributed by atoms with Crippen molar-refractivity contribution < 1.29 is 13.2 Å². The van der Waals surface area contributed by atoms with Crippen LogP contribution in [0.2, 0.25) is 5.02 Å². The first kappa shape index (κ1) is 22.0. The fourth-order valence-electron chi connectivity index (χ4n) is 3.51. The first-order valence-corrected chi connectivity index (χ1v) is 12.5. The Labute approximate surface area is 191 Å². The summed E-state index contributed by atoms with van der Waals surface area (Å²) in [6.45, 7) is 4.85. The summed E-state index contributed by atoms with van der Waals surface area (Å²) in [6, 6.07) is 12.7. The summed E-state index contributed by atoms with van der Waals surface area (Å²) in [6.07, 6.45) is 0. The van der Waals surface area contributed by atoms with E-state index in [0.717, 1.165) is 21.7 Å². The third-order valence-corrected chi connectivity index (χ3v) is 8.49. The summed E-state index contributed by atoms with van der Waals surface area (Å²) in [4.78, 5) is 19.4. The maximum Gasteiger partial charge on any atom is 0.273 e. The highest BCUT2D eigenvalue weighted by atomic mass is 35.5. The number of carbonyl (C=O) groups excluding carboxylic acids is 1. The molecular weight excluding hydrogens is 454 g/mol. The van der Waals surface area contributed by atoms with Gasteiger partial charge in [-0.25, -0.2) is 13.4 Å². The highest BCUT2D eigenvalue weighted by Gasteiger charge is 2.32. The first-order valence-electron chi connectivity index (χ1n) is 9.84. The number of nitrogens with zero attached hydrogens (tertiary/aromatic N) is 3. The summed E-state index contributed by atoms with van der Waals surface area (Å²) < 4.78 is 27.6. The average molecular weight is 476 g/mol. The number of halogens is 1. The zero-order chi connectivity index (χ0) is 22.2. The van der Waals surface area contributed by atoms with E-state index in [0.29, 0.717) is 28.7 Å². The number of aryl methyl sites for hydroxylation is 2. The topological polar surface area (TPSA) is 70.6 Å². The predicted molar refractivity (Wildman–Crippen MR) is 123 cm³/mol. The van der Waals surface area contributed by atoms with E-state index in [-0.39, 0.29) is 19.0 Å². The van der Waals surface area contributed by atoms with Gasteiger partial charge in [-0.3, -0.25) is 4.79 Å². The Morgan fingerprint density at radius 2 is 1.71 bits per heavy atom. The molecule has 9 heteroatoms. The number of hydrogen-bond acceptors (Lipinski definition) is 5. The van der Waals surface area contributed by atoms with Crippen molar-refractivity contribution in [3.05, 3.63) is 69.7 Å². The quantitative estimate of drug-likeness (QED) is 0.566. The van der Waals surface area contributed by atoms with Gasteiger partial charge in [0.05, 0.1) is 4.90 Å². The highest BCUT2D eigenvalue weighted by Crippen LogP contribution is 2.26. The van der Waals surface area contributed by atoms with E-state index >= 15 is 0 Å². The molecule has 0 atom stereocenters. The number of carbonyl (C=O) groups is 1. The van der Waals surface area contributed by atoms with E-state index in [1.807, 2.05) is 31.2 Å². The number of hydrogen-bond donors (Lipinski definition) is 0. The molecule has 3 aromatic rings. The molecule has 1 saturated heterocycles. The third kappa shape index (κ3) is 4.52. The number of aromatic nitrogens is 1. The minimum absolute atomic E-state index is 0.180. The molecule has 2 aromatic carbocycles. The van der Waals surface area contributed by atoms with Crippen LogP contribution in [0.3, 0.4) is 0 Å². The lowest BCUT2D eigenvalue weighted by Gasteiger charge is -2.34. The van der Waals surface area contributed by atoms with Crippen molar-refractivity contribution in [3.63, 3.8) is 0 Å². The van der Waals surface area contributed by atoms with Gasteiger partial charge in [0, 0.05) is 42.1 Å². The maximum atomic E-state index is 13.1. The molecule has 162 valence electrons. The van der Waals surface area contributed by atoms with E-state index in [2.05, 4.69) is 4.98 Å². The molecule has 1 fully saturated rings. The lowest BCUT2D eigenvalue weighted by molar-refractivity contribution is 0.0693. The molecule has 0 aliphatic carbocycles. The van der Waals surface area contributed by atoms with Gasteiger partial charge in [0.15, 0.2) is 0 Å². The second kappa shape index (κ2) is 8.70. The molecule has 1 aliphatic heterocycles. The van der Waals surface area contributed by atoms with E-state index in [1.54, 1.807) is 35.4 Å². The molecule has 1 amide bonds. The molecule has 1 aromatic heterocycles. The van der Waals surface area contributed by atoms with Crippen LogP contribution >= 0.6 is 22.9 Å². The van der Waals surface area contributed by atoms with Crippen molar-refractivity contribution in [1.82, 2.24) is 14.2 Å². The minimum atomic E-state index is -3.59. The van der Waals surface area contributed by atoms with Crippen molar-refractivity contribution >= 4 is 38.9 Å². The normalized spacial score (nSPS) is 15.3. The molecule has 31 heavy (non-hydrogen) atoms. The van der Waals surface area contributed by atoms with Crippen LogP contribution in [-0.4, -0.2) is 54.7 Å². The van der Waals surface area contributed by atoms with Gasteiger partial charge >= 0.3 is 0 Å². The molecule has 0 unspecified atom stereocenters. The lowest BCUT2D eigenvalue weighted by Crippen LogP contribution is -2.50. The maximum absolute atomic E-state index is 13.1. The predicted octanol–water partition coefficient (Wildman–Crippen LogP) is 4.23. The highest BCUT2D eigenvalue weighted by molar-refractivity contribution is 7.89. The van der Waals surface area contributed by atoms with Crippen LogP contribution in [0.4, 0.5) is 0 Å². The second-order valence-corrected chi connectivity index (χ2v) is 10.7. The molecule has 0 saturated carbocycles. The largest absolute Gasteiger partial charge is 0.335 e. The van der Waals surface area contributed by atoms with Gasteiger partial charge in [0.25, 0.3) is 5.91 Å². The van der Waals surface area contributed by atoms with Crippen molar-refractivity contribution in [2.24, 2.45) is 0 Å². The summed E-state index contributed by atoms with van der Waals surface area (Å²) >= 11 is 7.33. The number of benzene rings is 2. The Morgan fingerprint density at radius 3 is 2.39 bits per heavy atom. The smallest absolute Gasteiger partial charge is 0.273 e. The minimum Gasteiger partial charge on any atom is -0.335 e. The van der Waals surface area contributed by atoms with Crippen LogP contribution in [0.5, 0.6) is 0 Å². The van der Waals surface area contributed by atoms with Crippen LogP contribution in [0.1, 0.15) is 21.6 Å². The summed E-state index contributed by atoms with van der Waals surface area (Å²) in [5, 5.41) is 3.13. The lowest BCUT2D eigenvalue weighted by atomic mass is 10.2. The van der Waals surface area contributed by atoms with Crippen LogP contribution in [0.15, 0.2) is 52.7 Å². The number of sulfonamides is 1. The van der Waals surface area contributed by atoms with E-state index < -0.39 is 10.0 Å². The number of thiazole rings is 1. The van der Waals surface area contributed by atoms with E-state index in [9.17, 15) is 13.2 Å². The van der Waals surface area contributed by atoms with Gasteiger partial charge in [-0.05, 0) is 43.2 Å². The van der Waals surface area contributed by atoms with Crippen LogP contribution in [0, 0.1) is 13.8 Å². The second-order valence-electron chi connectivity index (χ2n) is 7.51. The standard InChI is InChI=1S/C22H22ClN3O3S2/c1-15-3-4-16(2)20(13-15)31(28,29)26-11-9-25(10-12-26)22(27)19-14-30-21(24-19)17-5-7-18(23)8-6-17/h3-8,13-14H,9-12H2,1-2H3. The molecule has 0 spiro atoms. The molecule has 2 heterocycles. The first-order chi connectivity index (χ1) is 14.8. The zero-order valence-corrected chi connectivity index (χ0v) is 19.6.